The first-order valence-corrected chi connectivity index (χ1v) is 9.24. The van der Waals surface area contributed by atoms with Crippen LogP contribution in [0.4, 0.5) is 9.80 Å². The summed E-state index contributed by atoms with van der Waals surface area (Å²) in [7, 11) is 0. The van der Waals surface area contributed by atoms with E-state index in [1.165, 1.54) is 11.5 Å². The normalized spacial score (nSPS) is 16.4. The summed E-state index contributed by atoms with van der Waals surface area (Å²) in [6.45, 7) is 14.9. The Hall–Kier alpha value is -1.66. The highest BCUT2D eigenvalue weighted by Crippen LogP contribution is 2.31. The molecule has 1 aliphatic heterocycles. The summed E-state index contributed by atoms with van der Waals surface area (Å²) >= 11 is 1.43. The fourth-order valence-corrected chi connectivity index (χ4v) is 3.83. The molecule has 132 valence electrons. The van der Waals surface area contributed by atoms with Gasteiger partial charge in [0.15, 0.2) is 0 Å². The second kappa shape index (κ2) is 8.44. The molecule has 0 radical (unpaired) electrons. The summed E-state index contributed by atoms with van der Waals surface area (Å²) in [5.74, 6) is 0. The number of urea groups is 1. The van der Waals surface area contributed by atoms with Gasteiger partial charge in [-0.15, -0.1) is 0 Å². The zero-order chi connectivity index (χ0) is 17.7. The number of allylic oxidation sites excluding steroid dienone is 1. The third kappa shape index (κ3) is 4.24. The molecule has 24 heavy (non-hydrogen) atoms. The molecule has 1 aliphatic rings. The molecule has 1 aromatic heterocycles. The summed E-state index contributed by atoms with van der Waals surface area (Å²) in [5, 5.41) is 0.972. The van der Waals surface area contributed by atoms with E-state index in [0.717, 1.165) is 41.2 Å². The molecule has 0 bridgehead atoms. The van der Waals surface area contributed by atoms with Gasteiger partial charge in [-0.25, -0.2) is 4.79 Å². The third-order valence-electron chi connectivity index (χ3n) is 4.10. The Morgan fingerprint density at radius 1 is 1.42 bits per heavy atom. The van der Waals surface area contributed by atoms with Gasteiger partial charge in [-0.2, -0.15) is 4.37 Å². The number of aromatic nitrogens is 1. The van der Waals surface area contributed by atoms with Crippen LogP contribution in [0.25, 0.3) is 0 Å². The highest BCUT2D eigenvalue weighted by atomic mass is 32.1. The summed E-state index contributed by atoms with van der Waals surface area (Å²) in [6.07, 6.45) is 6.11. The van der Waals surface area contributed by atoms with Gasteiger partial charge in [0.1, 0.15) is 5.00 Å². The maximum absolute atomic E-state index is 12.9. The van der Waals surface area contributed by atoms with E-state index in [-0.39, 0.29) is 6.03 Å². The minimum absolute atomic E-state index is 0.0506. The Morgan fingerprint density at radius 2 is 2.17 bits per heavy atom. The van der Waals surface area contributed by atoms with Crippen LogP contribution in [0.2, 0.25) is 0 Å². The van der Waals surface area contributed by atoms with Crippen molar-refractivity contribution < 1.29 is 4.79 Å². The lowest BCUT2D eigenvalue weighted by atomic mass is 10.2. The van der Waals surface area contributed by atoms with Gasteiger partial charge in [-0.05, 0) is 45.1 Å². The third-order valence-corrected chi connectivity index (χ3v) is 5.11. The molecule has 5 nitrogen and oxygen atoms in total. The van der Waals surface area contributed by atoms with E-state index in [4.69, 9.17) is 0 Å². The topological polar surface area (TPSA) is 39.7 Å². The molecule has 0 unspecified atom stereocenters. The molecule has 0 aliphatic carbocycles. The highest BCUT2D eigenvalue weighted by molar-refractivity contribution is 7.10. The van der Waals surface area contributed by atoms with Crippen molar-refractivity contribution >= 4 is 22.6 Å². The van der Waals surface area contributed by atoms with Gasteiger partial charge < -0.3 is 4.90 Å². The van der Waals surface area contributed by atoms with Crippen molar-refractivity contribution in [3.8, 4) is 0 Å². The second-order valence-electron chi connectivity index (χ2n) is 6.31. The molecule has 0 N–H and O–H groups in total. The molecular formula is C18H28N4OS. The van der Waals surface area contributed by atoms with E-state index in [1.54, 1.807) is 0 Å². The van der Waals surface area contributed by atoms with Crippen molar-refractivity contribution in [3.63, 3.8) is 0 Å². The Labute approximate surface area is 149 Å². The number of carbonyl (C=O) groups excluding carboxylic acids is 1. The van der Waals surface area contributed by atoms with Gasteiger partial charge in [-0.3, -0.25) is 9.80 Å². The molecule has 2 rings (SSSR count). The minimum Gasteiger partial charge on any atom is -0.307 e. The molecule has 6 heteroatoms. The molecule has 0 saturated carbocycles. The average molecular weight is 349 g/mol. The number of nitrogens with zero attached hydrogens (tertiary/aromatic N) is 4. The van der Waals surface area contributed by atoms with Crippen LogP contribution in [-0.2, 0) is 6.42 Å². The van der Waals surface area contributed by atoms with Crippen LogP contribution in [0.3, 0.4) is 0 Å². The Kier molecular flexibility index (Phi) is 6.57. The van der Waals surface area contributed by atoms with Crippen molar-refractivity contribution in [2.45, 2.75) is 40.5 Å². The maximum atomic E-state index is 12.9. The predicted molar refractivity (Wildman–Crippen MR) is 101 cm³/mol. The lowest BCUT2D eigenvalue weighted by molar-refractivity contribution is 0.122. The van der Waals surface area contributed by atoms with E-state index >= 15 is 0 Å². The highest BCUT2D eigenvalue weighted by Gasteiger charge is 2.33. The molecule has 1 fully saturated rings. The van der Waals surface area contributed by atoms with Crippen molar-refractivity contribution in [2.24, 2.45) is 0 Å². The fraction of sp³-hybridized carbons (Fsp3) is 0.556. The largest absolute Gasteiger partial charge is 0.327 e. The van der Waals surface area contributed by atoms with E-state index in [2.05, 4.69) is 41.9 Å². The molecule has 1 saturated heterocycles. The Morgan fingerprint density at radius 3 is 2.75 bits per heavy atom. The standard InChI is InChI=1S/C18H28N4OS/c1-6-8-9-10-20-12-21(11-14(3)4)18(23)22(13-20)17-15(5)16(7-2)19-24-17/h6,8H,3,7,9-13H2,1-2,4-5H3. The molecule has 0 aromatic carbocycles. The first-order chi connectivity index (χ1) is 11.5. The summed E-state index contributed by atoms with van der Waals surface area (Å²) < 4.78 is 4.51. The number of aryl methyl sites for hydroxylation is 1. The van der Waals surface area contributed by atoms with Crippen molar-refractivity contribution in [3.05, 3.63) is 35.6 Å². The van der Waals surface area contributed by atoms with Crippen LogP contribution >= 0.6 is 11.5 Å². The summed E-state index contributed by atoms with van der Waals surface area (Å²) in [5.41, 5.74) is 3.20. The Balaban J connectivity index is 2.23. The Bertz CT molecular complexity index is 623. The number of anilines is 1. The van der Waals surface area contributed by atoms with E-state index in [1.807, 2.05) is 23.6 Å². The van der Waals surface area contributed by atoms with E-state index < -0.39 is 0 Å². The monoisotopic (exact) mass is 348 g/mol. The molecule has 2 amide bonds. The molecular weight excluding hydrogens is 320 g/mol. The van der Waals surface area contributed by atoms with Gasteiger partial charge in [0, 0.05) is 18.7 Å². The van der Waals surface area contributed by atoms with Crippen LogP contribution < -0.4 is 4.90 Å². The number of hydrogen-bond acceptors (Lipinski definition) is 4. The van der Waals surface area contributed by atoms with Gasteiger partial charge >= 0.3 is 6.03 Å². The van der Waals surface area contributed by atoms with Gasteiger partial charge in [0.2, 0.25) is 0 Å². The summed E-state index contributed by atoms with van der Waals surface area (Å²) in [6, 6.07) is 0.0506. The van der Waals surface area contributed by atoms with Gasteiger partial charge in [0.05, 0.1) is 19.0 Å². The van der Waals surface area contributed by atoms with Crippen LogP contribution in [0.5, 0.6) is 0 Å². The average Bonchev–Trinajstić information content (AvgIpc) is 2.90. The number of rotatable bonds is 7. The zero-order valence-electron chi connectivity index (χ0n) is 15.2. The zero-order valence-corrected chi connectivity index (χ0v) is 16.0. The SMILES string of the molecule is C=C(C)CN1CN(CCC=CC)CN(c2snc(CC)c2C)C1=O. The quantitative estimate of drug-likeness (QED) is 0.699. The second-order valence-corrected chi connectivity index (χ2v) is 7.07. The maximum Gasteiger partial charge on any atom is 0.327 e. The van der Waals surface area contributed by atoms with Crippen molar-refractivity contribution in [1.82, 2.24) is 14.2 Å². The van der Waals surface area contributed by atoms with Gasteiger partial charge in [-0.1, -0.05) is 31.2 Å². The first kappa shape index (κ1) is 18.7. The van der Waals surface area contributed by atoms with Crippen molar-refractivity contribution in [2.75, 3.05) is 31.3 Å². The number of carbonyl (C=O) groups is 1. The predicted octanol–water partition coefficient (Wildman–Crippen LogP) is 4.02. The number of amides is 2. The first-order valence-electron chi connectivity index (χ1n) is 8.47. The van der Waals surface area contributed by atoms with Crippen LogP contribution in [0.1, 0.15) is 38.4 Å². The molecule has 2 heterocycles. The lowest BCUT2D eigenvalue weighted by Gasteiger charge is -2.41. The van der Waals surface area contributed by atoms with Crippen LogP contribution in [-0.4, -0.2) is 46.6 Å². The van der Waals surface area contributed by atoms with E-state index in [0.29, 0.717) is 19.9 Å². The molecule has 0 spiro atoms. The smallest absolute Gasteiger partial charge is 0.307 e. The van der Waals surface area contributed by atoms with Crippen LogP contribution in [0, 0.1) is 6.92 Å². The van der Waals surface area contributed by atoms with E-state index in [9.17, 15) is 4.79 Å². The fourth-order valence-electron chi connectivity index (χ4n) is 2.88. The molecule has 0 atom stereocenters. The number of hydrogen-bond donors (Lipinski definition) is 0. The van der Waals surface area contributed by atoms with Crippen molar-refractivity contribution in [1.29, 1.82) is 0 Å². The van der Waals surface area contributed by atoms with Crippen LogP contribution in [0.15, 0.2) is 24.3 Å². The summed E-state index contributed by atoms with van der Waals surface area (Å²) in [4.78, 5) is 19.0. The lowest BCUT2D eigenvalue weighted by Crippen LogP contribution is -2.58. The van der Waals surface area contributed by atoms with Gasteiger partial charge in [0.25, 0.3) is 0 Å². The molecule has 1 aromatic rings. The minimum atomic E-state index is 0.0506.